The van der Waals surface area contributed by atoms with Crippen LogP contribution in [0.2, 0.25) is 0 Å². The van der Waals surface area contributed by atoms with Crippen molar-refractivity contribution in [1.82, 2.24) is 19.7 Å². The van der Waals surface area contributed by atoms with Crippen LogP contribution in [0.3, 0.4) is 0 Å². The van der Waals surface area contributed by atoms with E-state index in [1.54, 1.807) is 12.4 Å². The van der Waals surface area contributed by atoms with E-state index in [-0.39, 0.29) is 0 Å². The van der Waals surface area contributed by atoms with Crippen molar-refractivity contribution >= 4 is 5.95 Å². The highest BCUT2D eigenvalue weighted by Crippen LogP contribution is 2.25. The van der Waals surface area contributed by atoms with Crippen molar-refractivity contribution in [3.05, 3.63) is 12.4 Å². The van der Waals surface area contributed by atoms with Crippen LogP contribution in [-0.4, -0.2) is 19.7 Å². The summed E-state index contributed by atoms with van der Waals surface area (Å²) in [6.45, 7) is 0.498. The molecule has 0 aromatic carbocycles. The quantitative estimate of drug-likeness (QED) is 0.573. The molecule has 0 radical (unpaired) electrons. The van der Waals surface area contributed by atoms with E-state index in [4.69, 9.17) is 0 Å². The summed E-state index contributed by atoms with van der Waals surface area (Å²) in [5.74, 6) is 1.40. The zero-order valence-corrected chi connectivity index (χ0v) is 6.05. The minimum atomic E-state index is 0.498. The molecule has 0 bridgehead atoms. The maximum absolute atomic E-state index is 4.08. The molecule has 0 spiro atoms. The van der Waals surface area contributed by atoms with Crippen molar-refractivity contribution in [2.24, 2.45) is 10.2 Å². The molecule has 0 aromatic rings. The van der Waals surface area contributed by atoms with Crippen LogP contribution < -0.4 is 0 Å². The average Bonchev–Trinajstić information content (AvgIpc) is 2.71. The molecule has 12 heavy (non-hydrogen) atoms. The summed E-state index contributed by atoms with van der Waals surface area (Å²) in [5.41, 5.74) is 0.922. The standard InChI is InChI=1S/C6H4N6/c1-4-2-8-10-5(4)12-3-9-11-6(12)7-1/h1-2H,3H2. The molecule has 0 aromatic heterocycles. The van der Waals surface area contributed by atoms with Crippen LogP contribution >= 0.6 is 0 Å². The number of hydrogen-bond donors (Lipinski definition) is 0. The fraction of sp³-hybridized carbons (Fsp3) is 0.167. The zero-order valence-electron chi connectivity index (χ0n) is 6.05. The van der Waals surface area contributed by atoms with Gasteiger partial charge in [-0.3, -0.25) is 4.57 Å². The lowest BCUT2D eigenvalue weighted by Crippen LogP contribution is -2.00. The predicted molar refractivity (Wildman–Crippen MR) is 39.0 cm³/mol. The Morgan fingerprint density at radius 2 is 2.33 bits per heavy atom. The summed E-state index contributed by atoms with van der Waals surface area (Å²) in [4.78, 5) is 4.08. The lowest BCUT2D eigenvalue weighted by molar-refractivity contribution is 0.752. The number of aromatic nitrogens is 4. The van der Waals surface area contributed by atoms with Crippen LogP contribution in [0.1, 0.15) is 0 Å². The second-order valence-electron chi connectivity index (χ2n) is 2.49. The highest BCUT2D eigenvalue weighted by Gasteiger charge is 2.16. The van der Waals surface area contributed by atoms with Gasteiger partial charge in [0.25, 0.3) is 5.95 Å². The molecule has 3 aliphatic rings. The SMILES string of the molecule is c1nnc2n3c(ncc1-2)N=NC3. The van der Waals surface area contributed by atoms with Gasteiger partial charge in [0.1, 0.15) is 6.67 Å². The van der Waals surface area contributed by atoms with Crippen molar-refractivity contribution in [2.45, 2.75) is 6.67 Å². The molecule has 0 N–H and O–H groups in total. The lowest BCUT2D eigenvalue weighted by atomic mass is 10.3. The minimum absolute atomic E-state index is 0.498. The van der Waals surface area contributed by atoms with Gasteiger partial charge in [-0.15, -0.1) is 10.2 Å². The molecule has 0 saturated heterocycles. The minimum Gasteiger partial charge on any atom is -0.269 e. The van der Waals surface area contributed by atoms with E-state index in [0.29, 0.717) is 12.6 Å². The number of fused-ring (bicyclic) bond motifs is 3. The van der Waals surface area contributed by atoms with Crippen molar-refractivity contribution in [3.8, 4) is 11.4 Å². The maximum atomic E-state index is 4.08. The fourth-order valence-corrected chi connectivity index (χ4v) is 1.22. The van der Waals surface area contributed by atoms with Gasteiger partial charge < -0.3 is 0 Å². The van der Waals surface area contributed by atoms with Gasteiger partial charge in [-0.05, 0) is 0 Å². The van der Waals surface area contributed by atoms with Crippen molar-refractivity contribution in [1.29, 1.82) is 0 Å². The molecule has 3 rings (SSSR count). The molecule has 0 amide bonds. The van der Waals surface area contributed by atoms with Gasteiger partial charge in [0, 0.05) is 6.20 Å². The molecule has 0 atom stereocenters. The largest absolute Gasteiger partial charge is 0.269 e. The first-order chi connectivity index (χ1) is 5.95. The first-order valence-corrected chi connectivity index (χ1v) is 3.49. The highest BCUT2D eigenvalue weighted by molar-refractivity contribution is 5.56. The number of azo groups is 1. The summed E-state index contributed by atoms with van der Waals surface area (Å²) in [6, 6.07) is 0. The number of hydrogen-bond acceptors (Lipinski definition) is 5. The fourth-order valence-electron chi connectivity index (χ4n) is 1.22. The van der Waals surface area contributed by atoms with Gasteiger partial charge in [0.05, 0.1) is 11.8 Å². The van der Waals surface area contributed by atoms with Gasteiger partial charge in [0.15, 0.2) is 5.82 Å². The Kier molecular flexibility index (Phi) is 0.885. The molecular formula is C6H4N6. The molecule has 3 heterocycles. The average molecular weight is 160 g/mol. The van der Waals surface area contributed by atoms with Gasteiger partial charge in [-0.2, -0.15) is 10.2 Å². The zero-order chi connectivity index (χ0) is 7.97. The van der Waals surface area contributed by atoms with Gasteiger partial charge >= 0.3 is 0 Å². The Hall–Kier alpha value is -1.85. The summed E-state index contributed by atoms with van der Waals surface area (Å²) >= 11 is 0. The highest BCUT2D eigenvalue weighted by atomic mass is 15.4. The first-order valence-electron chi connectivity index (χ1n) is 3.49. The van der Waals surface area contributed by atoms with E-state index in [1.165, 1.54) is 0 Å². The Morgan fingerprint density at radius 1 is 1.33 bits per heavy atom. The molecule has 6 heteroatoms. The first kappa shape index (κ1) is 5.76. The molecule has 6 nitrogen and oxygen atoms in total. The Morgan fingerprint density at radius 3 is 3.33 bits per heavy atom. The third-order valence-electron chi connectivity index (χ3n) is 1.79. The number of rotatable bonds is 0. The Balaban J connectivity index is 2.41. The van der Waals surface area contributed by atoms with Crippen LogP contribution in [0.25, 0.3) is 11.4 Å². The summed E-state index contributed by atoms with van der Waals surface area (Å²) in [5, 5.41) is 15.4. The Bertz CT molecular complexity index is 430. The van der Waals surface area contributed by atoms with Gasteiger partial charge in [0.2, 0.25) is 0 Å². The monoisotopic (exact) mass is 160 g/mol. The third kappa shape index (κ3) is 0.565. The van der Waals surface area contributed by atoms with Crippen molar-refractivity contribution in [2.75, 3.05) is 0 Å². The summed E-state index contributed by atoms with van der Waals surface area (Å²) in [6.07, 6.45) is 3.37. The van der Waals surface area contributed by atoms with Crippen LogP contribution in [0.4, 0.5) is 5.95 Å². The molecule has 58 valence electrons. The van der Waals surface area contributed by atoms with Crippen LogP contribution in [0.15, 0.2) is 22.6 Å². The van der Waals surface area contributed by atoms with Gasteiger partial charge in [-0.25, -0.2) is 4.98 Å². The molecule has 0 fully saturated rings. The smallest absolute Gasteiger partial charge is 0.252 e. The normalized spacial score (nSPS) is 14.0. The van der Waals surface area contributed by atoms with E-state index < -0.39 is 0 Å². The molecule has 0 aliphatic carbocycles. The second kappa shape index (κ2) is 1.84. The topological polar surface area (TPSA) is 68.3 Å². The molecule has 3 aliphatic heterocycles. The lowest BCUT2D eigenvalue weighted by Gasteiger charge is -2.02. The predicted octanol–water partition coefficient (Wildman–Crippen LogP) is 0.833. The summed E-state index contributed by atoms with van der Waals surface area (Å²) in [7, 11) is 0. The third-order valence-corrected chi connectivity index (χ3v) is 1.79. The van der Waals surface area contributed by atoms with Crippen LogP contribution in [-0.2, 0) is 6.67 Å². The molecule has 0 saturated carbocycles. The second-order valence-corrected chi connectivity index (χ2v) is 2.49. The maximum Gasteiger partial charge on any atom is 0.252 e. The molecule has 0 unspecified atom stereocenters. The van der Waals surface area contributed by atoms with E-state index >= 15 is 0 Å². The van der Waals surface area contributed by atoms with E-state index in [2.05, 4.69) is 25.4 Å². The molecular weight excluding hydrogens is 156 g/mol. The van der Waals surface area contributed by atoms with E-state index in [0.717, 1.165) is 11.4 Å². The van der Waals surface area contributed by atoms with Crippen molar-refractivity contribution in [3.63, 3.8) is 0 Å². The van der Waals surface area contributed by atoms with E-state index in [9.17, 15) is 0 Å². The van der Waals surface area contributed by atoms with Gasteiger partial charge in [-0.1, -0.05) is 0 Å². The Labute approximate surface area is 67.3 Å². The van der Waals surface area contributed by atoms with E-state index in [1.807, 2.05) is 4.57 Å². The summed E-state index contributed by atoms with van der Waals surface area (Å²) < 4.78 is 1.82. The van der Waals surface area contributed by atoms with Crippen LogP contribution in [0, 0.1) is 0 Å². The van der Waals surface area contributed by atoms with Crippen molar-refractivity contribution < 1.29 is 0 Å². The van der Waals surface area contributed by atoms with Crippen LogP contribution in [0.5, 0.6) is 0 Å². The number of nitrogens with zero attached hydrogens (tertiary/aromatic N) is 6.